The molecule has 0 aliphatic rings. The molecule has 2 aromatic rings. The number of nitrogens with one attached hydrogen (secondary N) is 1. The Morgan fingerprint density at radius 2 is 1.74 bits per heavy atom. The summed E-state index contributed by atoms with van der Waals surface area (Å²) in [6.45, 7) is 2.52. The molecular weight excluding hydrogens is 279 g/mol. The molecule has 1 atom stereocenters. The monoisotopic (exact) mass is 294 g/mol. The predicted molar refractivity (Wildman–Crippen MR) is 83.1 cm³/mol. The largest absolute Gasteiger partial charge is 0.377 e. The van der Waals surface area contributed by atoms with Gasteiger partial charge >= 0.3 is 0 Å². The zero-order valence-corrected chi connectivity index (χ0v) is 12.2. The number of halogens is 2. The van der Waals surface area contributed by atoms with Gasteiger partial charge in [-0.3, -0.25) is 0 Å². The van der Waals surface area contributed by atoms with Crippen LogP contribution < -0.4 is 11.1 Å². The van der Waals surface area contributed by atoms with Crippen LogP contribution in [0.3, 0.4) is 0 Å². The van der Waals surface area contributed by atoms with Crippen molar-refractivity contribution < 1.29 is 0 Å². The maximum absolute atomic E-state index is 6.03. The molecule has 0 amide bonds. The Balaban J connectivity index is 2.28. The summed E-state index contributed by atoms with van der Waals surface area (Å²) in [5.74, 6) is 0. The zero-order valence-electron chi connectivity index (χ0n) is 10.7. The maximum atomic E-state index is 6.03. The summed E-state index contributed by atoms with van der Waals surface area (Å²) in [7, 11) is 0. The van der Waals surface area contributed by atoms with Crippen molar-refractivity contribution in [1.29, 1.82) is 0 Å². The summed E-state index contributed by atoms with van der Waals surface area (Å²) in [4.78, 5) is 0. The molecule has 100 valence electrons. The lowest BCUT2D eigenvalue weighted by Gasteiger charge is -2.20. The highest BCUT2D eigenvalue weighted by atomic mass is 35.5. The number of nitrogens with two attached hydrogens (primary N) is 1. The minimum atomic E-state index is -0.0164. The standard InChI is InChI=1S/C15H16Cl2N2/c1-10-4-2-3-5-14(10)19-15(9-18)11-6-12(16)8-13(17)7-11/h2-8,15,19H,9,18H2,1H3. The van der Waals surface area contributed by atoms with Crippen LogP contribution in [0.15, 0.2) is 42.5 Å². The fourth-order valence-electron chi connectivity index (χ4n) is 1.98. The highest BCUT2D eigenvalue weighted by Crippen LogP contribution is 2.26. The summed E-state index contributed by atoms with van der Waals surface area (Å²) in [5, 5.41) is 4.66. The van der Waals surface area contributed by atoms with Crippen molar-refractivity contribution in [2.24, 2.45) is 5.73 Å². The van der Waals surface area contributed by atoms with Gasteiger partial charge in [-0.1, -0.05) is 41.4 Å². The van der Waals surface area contributed by atoms with Crippen LogP contribution in [0.5, 0.6) is 0 Å². The first-order chi connectivity index (χ1) is 9.10. The molecule has 4 heteroatoms. The number of hydrogen-bond donors (Lipinski definition) is 2. The molecule has 2 aromatic carbocycles. The molecule has 0 aromatic heterocycles. The quantitative estimate of drug-likeness (QED) is 0.876. The third-order valence-electron chi connectivity index (χ3n) is 3.00. The van der Waals surface area contributed by atoms with Crippen molar-refractivity contribution in [2.45, 2.75) is 13.0 Å². The van der Waals surface area contributed by atoms with E-state index in [9.17, 15) is 0 Å². The van der Waals surface area contributed by atoms with E-state index in [1.165, 1.54) is 5.56 Å². The lowest BCUT2D eigenvalue weighted by molar-refractivity contribution is 0.789. The molecule has 0 aliphatic carbocycles. The Morgan fingerprint density at radius 1 is 1.11 bits per heavy atom. The van der Waals surface area contributed by atoms with Crippen molar-refractivity contribution in [3.63, 3.8) is 0 Å². The second-order valence-electron chi connectivity index (χ2n) is 4.45. The summed E-state index contributed by atoms with van der Waals surface area (Å²) >= 11 is 12.1. The predicted octanol–water partition coefficient (Wildman–Crippen LogP) is 4.41. The first-order valence-electron chi connectivity index (χ1n) is 6.08. The van der Waals surface area contributed by atoms with Gasteiger partial charge in [-0.25, -0.2) is 0 Å². The molecular formula is C15H16Cl2N2. The fraction of sp³-hybridized carbons (Fsp3) is 0.200. The lowest BCUT2D eigenvalue weighted by Crippen LogP contribution is -2.21. The van der Waals surface area contributed by atoms with Gasteiger partial charge in [0, 0.05) is 22.3 Å². The maximum Gasteiger partial charge on any atom is 0.0637 e. The van der Waals surface area contributed by atoms with Crippen LogP contribution in [0.1, 0.15) is 17.2 Å². The third-order valence-corrected chi connectivity index (χ3v) is 3.43. The lowest BCUT2D eigenvalue weighted by atomic mass is 10.1. The number of para-hydroxylation sites is 1. The van der Waals surface area contributed by atoms with E-state index in [-0.39, 0.29) is 6.04 Å². The van der Waals surface area contributed by atoms with E-state index < -0.39 is 0 Å². The second-order valence-corrected chi connectivity index (χ2v) is 5.32. The molecule has 0 heterocycles. The van der Waals surface area contributed by atoms with E-state index in [0.717, 1.165) is 11.3 Å². The summed E-state index contributed by atoms with van der Waals surface area (Å²) < 4.78 is 0. The number of benzene rings is 2. The number of aryl methyl sites for hydroxylation is 1. The highest BCUT2D eigenvalue weighted by molar-refractivity contribution is 6.34. The van der Waals surface area contributed by atoms with Crippen molar-refractivity contribution in [3.05, 3.63) is 63.6 Å². The summed E-state index contributed by atoms with van der Waals surface area (Å²) in [6, 6.07) is 13.6. The molecule has 0 fully saturated rings. The molecule has 1 unspecified atom stereocenters. The number of hydrogen-bond acceptors (Lipinski definition) is 2. The first-order valence-corrected chi connectivity index (χ1v) is 6.84. The zero-order chi connectivity index (χ0) is 13.8. The molecule has 0 aliphatic heterocycles. The van der Waals surface area contributed by atoms with Crippen LogP contribution in [0.25, 0.3) is 0 Å². The van der Waals surface area contributed by atoms with Crippen LogP contribution in [-0.4, -0.2) is 6.54 Å². The SMILES string of the molecule is Cc1ccccc1NC(CN)c1cc(Cl)cc(Cl)c1. The molecule has 0 radical (unpaired) electrons. The first kappa shape index (κ1) is 14.2. The molecule has 0 bridgehead atoms. The molecule has 0 spiro atoms. The Kier molecular flexibility index (Phi) is 4.70. The average molecular weight is 295 g/mol. The van der Waals surface area contributed by atoms with Crippen molar-refractivity contribution in [1.82, 2.24) is 0 Å². The smallest absolute Gasteiger partial charge is 0.0637 e. The van der Waals surface area contributed by atoms with Crippen molar-refractivity contribution in [2.75, 3.05) is 11.9 Å². The second kappa shape index (κ2) is 6.29. The van der Waals surface area contributed by atoms with Gasteiger partial charge in [0.1, 0.15) is 0 Å². The van der Waals surface area contributed by atoms with Crippen LogP contribution in [-0.2, 0) is 0 Å². The minimum Gasteiger partial charge on any atom is -0.377 e. The Morgan fingerprint density at radius 3 is 2.32 bits per heavy atom. The van der Waals surface area contributed by atoms with Gasteiger partial charge in [0.2, 0.25) is 0 Å². The number of rotatable bonds is 4. The van der Waals surface area contributed by atoms with Gasteiger partial charge < -0.3 is 11.1 Å². The Bertz CT molecular complexity index is 550. The molecule has 0 saturated heterocycles. The highest BCUT2D eigenvalue weighted by Gasteiger charge is 2.12. The topological polar surface area (TPSA) is 38.0 Å². The van der Waals surface area contributed by atoms with Gasteiger partial charge in [0.05, 0.1) is 6.04 Å². The van der Waals surface area contributed by atoms with Gasteiger partial charge in [-0.15, -0.1) is 0 Å². The van der Waals surface area contributed by atoms with Crippen LogP contribution >= 0.6 is 23.2 Å². The fourth-order valence-corrected chi connectivity index (χ4v) is 2.52. The van der Waals surface area contributed by atoms with Crippen LogP contribution in [0.4, 0.5) is 5.69 Å². The van der Waals surface area contributed by atoms with Gasteiger partial charge in [-0.05, 0) is 42.3 Å². The Hall–Kier alpha value is -1.22. The van der Waals surface area contributed by atoms with Gasteiger partial charge in [0.15, 0.2) is 0 Å². The van der Waals surface area contributed by atoms with E-state index >= 15 is 0 Å². The minimum absolute atomic E-state index is 0.0164. The van der Waals surface area contributed by atoms with Crippen LogP contribution in [0.2, 0.25) is 10.0 Å². The molecule has 19 heavy (non-hydrogen) atoms. The van der Waals surface area contributed by atoms with Crippen LogP contribution in [0, 0.1) is 6.92 Å². The average Bonchev–Trinajstić information content (AvgIpc) is 2.36. The van der Waals surface area contributed by atoms with E-state index in [0.29, 0.717) is 16.6 Å². The van der Waals surface area contributed by atoms with E-state index in [4.69, 9.17) is 28.9 Å². The third kappa shape index (κ3) is 3.63. The molecule has 3 N–H and O–H groups in total. The summed E-state index contributed by atoms with van der Waals surface area (Å²) in [5.41, 5.74) is 9.08. The molecule has 2 rings (SSSR count). The van der Waals surface area contributed by atoms with Crippen molar-refractivity contribution >= 4 is 28.9 Å². The van der Waals surface area contributed by atoms with Gasteiger partial charge in [0.25, 0.3) is 0 Å². The normalized spacial score (nSPS) is 12.2. The van der Waals surface area contributed by atoms with E-state index in [1.807, 2.05) is 30.3 Å². The Labute approximate surface area is 123 Å². The van der Waals surface area contributed by atoms with E-state index in [1.54, 1.807) is 6.07 Å². The molecule has 0 saturated carbocycles. The molecule has 2 nitrogen and oxygen atoms in total. The summed E-state index contributed by atoms with van der Waals surface area (Å²) in [6.07, 6.45) is 0. The van der Waals surface area contributed by atoms with E-state index in [2.05, 4.69) is 18.3 Å². The number of anilines is 1. The van der Waals surface area contributed by atoms with Crippen molar-refractivity contribution in [3.8, 4) is 0 Å². The van der Waals surface area contributed by atoms with Gasteiger partial charge in [-0.2, -0.15) is 0 Å².